The zero-order valence-electron chi connectivity index (χ0n) is 17.2. The fourth-order valence-electron chi connectivity index (χ4n) is 4.56. The molecule has 0 radical (unpaired) electrons. The number of nitrogens with zero attached hydrogens (tertiary/aromatic N) is 3. The summed E-state index contributed by atoms with van der Waals surface area (Å²) in [6, 6.07) is 25.0. The predicted octanol–water partition coefficient (Wildman–Crippen LogP) is 5.74. The number of piperidine rings is 1. The zero-order chi connectivity index (χ0) is 20.7. The summed E-state index contributed by atoms with van der Waals surface area (Å²) < 4.78 is 6.56. The molecule has 152 valence electrons. The molecule has 1 aromatic heterocycles. The van der Waals surface area contributed by atoms with E-state index in [9.17, 15) is 0 Å². The lowest BCUT2D eigenvalue weighted by molar-refractivity contribution is 0.0891. The number of para-hydroxylation sites is 2. The highest BCUT2D eigenvalue weighted by Crippen LogP contribution is 2.39. The maximum Gasteiger partial charge on any atom is 0.147 e. The van der Waals surface area contributed by atoms with E-state index >= 15 is 0 Å². The summed E-state index contributed by atoms with van der Waals surface area (Å²) in [6.45, 7) is 1.80. The van der Waals surface area contributed by atoms with Gasteiger partial charge in [0, 0.05) is 31.5 Å². The van der Waals surface area contributed by atoms with Crippen molar-refractivity contribution in [3.05, 3.63) is 90.6 Å². The second kappa shape index (κ2) is 7.24. The van der Waals surface area contributed by atoms with Crippen molar-refractivity contribution in [1.29, 1.82) is 0 Å². The Labute approximate surface area is 181 Å². The summed E-state index contributed by atoms with van der Waals surface area (Å²) in [6.07, 6.45) is 8.23. The first-order valence-corrected chi connectivity index (χ1v) is 10.8. The second-order valence-electron chi connectivity index (χ2n) is 8.32. The SMILES string of the molecule is C1=CC2(CCN(c3cnc4ccccc4n3)CC2)Oc2ccc(-c3ccccc3)cc21. The summed E-state index contributed by atoms with van der Waals surface area (Å²) in [7, 11) is 0. The predicted molar refractivity (Wildman–Crippen MR) is 125 cm³/mol. The normalized spacial score (nSPS) is 16.8. The Morgan fingerprint density at radius 1 is 0.806 bits per heavy atom. The third kappa shape index (κ3) is 3.34. The van der Waals surface area contributed by atoms with Crippen LogP contribution in [0.2, 0.25) is 0 Å². The Balaban J connectivity index is 1.20. The first kappa shape index (κ1) is 18.1. The molecular formula is C27H23N3O. The van der Waals surface area contributed by atoms with Gasteiger partial charge in [0.2, 0.25) is 0 Å². The molecule has 1 fully saturated rings. The summed E-state index contributed by atoms with van der Waals surface area (Å²) in [5.74, 6) is 1.92. The minimum absolute atomic E-state index is 0.234. The fraction of sp³-hybridized carbons (Fsp3) is 0.185. The lowest BCUT2D eigenvalue weighted by Gasteiger charge is -2.42. The third-order valence-electron chi connectivity index (χ3n) is 6.37. The van der Waals surface area contributed by atoms with Crippen LogP contribution in [0.15, 0.2) is 85.1 Å². The highest BCUT2D eigenvalue weighted by molar-refractivity contribution is 5.75. The molecule has 0 amide bonds. The van der Waals surface area contributed by atoms with Crippen LogP contribution in [-0.2, 0) is 0 Å². The van der Waals surface area contributed by atoms with Gasteiger partial charge in [-0.05, 0) is 41.5 Å². The van der Waals surface area contributed by atoms with E-state index in [1.54, 1.807) is 0 Å². The van der Waals surface area contributed by atoms with Gasteiger partial charge in [-0.3, -0.25) is 4.98 Å². The number of rotatable bonds is 2. The monoisotopic (exact) mass is 405 g/mol. The van der Waals surface area contributed by atoms with Crippen molar-refractivity contribution in [2.75, 3.05) is 18.0 Å². The lowest BCUT2D eigenvalue weighted by Crippen LogP contribution is -2.48. The standard InChI is InChI=1S/C27H23N3O/c1-2-6-20(7-3-1)21-10-11-25-22(18-21)12-13-27(31-25)14-16-30(17-15-27)26-19-28-23-8-4-5-9-24(23)29-26/h1-13,18-19H,14-17H2. The van der Waals surface area contributed by atoms with E-state index in [4.69, 9.17) is 9.72 Å². The van der Waals surface area contributed by atoms with Crippen molar-refractivity contribution >= 4 is 22.9 Å². The smallest absolute Gasteiger partial charge is 0.147 e. The van der Waals surface area contributed by atoms with E-state index in [2.05, 4.69) is 64.5 Å². The molecule has 1 spiro atoms. The molecule has 2 aliphatic heterocycles. The van der Waals surface area contributed by atoms with Gasteiger partial charge in [-0.15, -0.1) is 0 Å². The summed E-state index contributed by atoms with van der Waals surface area (Å²) >= 11 is 0. The second-order valence-corrected chi connectivity index (χ2v) is 8.32. The Morgan fingerprint density at radius 3 is 2.42 bits per heavy atom. The fourth-order valence-corrected chi connectivity index (χ4v) is 4.56. The van der Waals surface area contributed by atoms with Crippen LogP contribution in [0, 0.1) is 0 Å². The average molecular weight is 406 g/mol. The van der Waals surface area contributed by atoms with Gasteiger partial charge in [0.1, 0.15) is 17.2 Å². The highest BCUT2D eigenvalue weighted by Gasteiger charge is 2.37. The van der Waals surface area contributed by atoms with Crippen LogP contribution in [0.1, 0.15) is 18.4 Å². The van der Waals surface area contributed by atoms with Crippen molar-refractivity contribution in [2.24, 2.45) is 0 Å². The van der Waals surface area contributed by atoms with Gasteiger partial charge in [0.25, 0.3) is 0 Å². The highest BCUT2D eigenvalue weighted by atomic mass is 16.5. The van der Waals surface area contributed by atoms with Crippen LogP contribution in [0.5, 0.6) is 5.75 Å². The molecule has 0 bridgehead atoms. The number of ether oxygens (including phenoxy) is 1. The Kier molecular flexibility index (Phi) is 4.23. The number of fused-ring (bicyclic) bond motifs is 2. The van der Waals surface area contributed by atoms with Crippen LogP contribution in [0.25, 0.3) is 28.2 Å². The van der Waals surface area contributed by atoms with Crippen molar-refractivity contribution in [3.63, 3.8) is 0 Å². The molecule has 4 nitrogen and oxygen atoms in total. The molecule has 4 heteroatoms. The molecule has 0 saturated carbocycles. The lowest BCUT2D eigenvalue weighted by atomic mass is 9.87. The van der Waals surface area contributed by atoms with Gasteiger partial charge in [-0.2, -0.15) is 0 Å². The van der Waals surface area contributed by atoms with Crippen LogP contribution >= 0.6 is 0 Å². The van der Waals surface area contributed by atoms with E-state index < -0.39 is 0 Å². The number of hydrogen-bond acceptors (Lipinski definition) is 4. The van der Waals surface area contributed by atoms with Crippen molar-refractivity contribution in [2.45, 2.75) is 18.4 Å². The quantitative estimate of drug-likeness (QED) is 0.426. The van der Waals surface area contributed by atoms with E-state index in [0.29, 0.717) is 0 Å². The molecule has 0 atom stereocenters. The molecule has 2 aliphatic rings. The molecule has 6 rings (SSSR count). The third-order valence-corrected chi connectivity index (χ3v) is 6.37. The van der Waals surface area contributed by atoms with Crippen LogP contribution < -0.4 is 9.64 Å². The van der Waals surface area contributed by atoms with Crippen LogP contribution in [0.4, 0.5) is 5.82 Å². The number of aromatic nitrogens is 2. The van der Waals surface area contributed by atoms with Gasteiger partial charge in [-0.25, -0.2) is 4.98 Å². The molecule has 31 heavy (non-hydrogen) atoms. The van der Waals surface area contributed by atoms with Gasteiger partial charge in [-0.1, -0.05) is 54.6 Å². The van der Waals surface area contributed by atoms with E-state index in [-0.39, 0.29) is 5.60 Å². The molecule has 1 saturated heterocycles. The largest absolute Gasteiger partial charge is 0.482 e. The summed E-state index contributed by atoms with van der Waals surface area (Å²) in [5.41, 5.74) is 5.23. The van der Waals surface area contributed by atoms with Crippen LogP contribution in [-0.4, -0.2) is 28.7 Å². The summed E-state index contributed by atoms with van der Waals surface area (Å²) in [5, 5.41) is 0. The van der Waals surface area contributed by atoms with E-state index in [1.807, 2.05) is 36.5 Å². The van der Waals surface area contributed by atoms with E-state index in [0.717, 1.165) is 54.1 Å². The van der Waals surface area contributed by atoms with E-state index in [1.165, 1.54) is 11.1 Å². The van der Waals surface area contributed by atoms with Gasteiger partial charge in [0.15, 0.2) is 0 Å². The number of benzene rings is 3. The molecule has 0 aliphatic carbocycles. The minimum atomic E-state index is -0.234. The Hall–Kier alpha value is -3.66. The van der Waals surface area contributed by atoms with Crippen molar-refractivity contribution in [1.82, 2.24) is 9.97 Å². The number of hydrogen-bond donors (Lipinski definition) is 0. The first-order chi connectivity index (χ1) is 15.3. The average Bonchev–Trinajstić information content (AvgIpc) is 2.84. The number of anilines is 1. The Morgan fingerprint density at radius 2 is 1.58 bits per heavy atom. The molecule has 4 aromatic rings. The Bertz CT molecular complexity index is 1270. The molecule has 3 heterocycles. The molecular weight excluding hydrogens is 382 g/mol. The minimum Gasteiger partial charge on any atom is -0.482 e. The van der Waals surface area contributed by atoms with Gasteiger partial charge >= 0.3 is 0 Å². The van der Waals surface area contributed by atoms with Crippen LogP contribution in [0.3, 0.4) is 0 Å². The summed E-state index contributed by atoms with van der Waals surface area (Å²) in [4.78, 5) is 11.7. The topological polar surface area (TPSA) is 38.2 Å². The maximum absolute atomic E-state index is 6.56. The first-order valence-electron chi connectivity index (χ1n) is 10.8. The van der Waals surface area contributed by atoms with Crippen molar-refractivity contribution in [3.8, 4) is 16.9 Å². The van der Waals surface area contributed by atoms with Gasteiger partial charge < -0.3 is 9.64 Å². The van der Waals surface area contributed by atoms with Gasteiger partial charge in [0.05, 0.1) is 17.2 Å². The molecule has 0 N–H and O–H groups in total. The maximum atomic E-state index is 6.56. The molecule has 3 aromatic carbocycles. The zero-order valence-corrected chi connectivity index (χ0v) is 17.2. The molecule has 0 unspecified atom stereocenters. The van der Waals surface area contributed by atoms with Crippen molar-refractivity contribution < 1.29 is 4.74 Å².